The van der Waals surface area contributed by atoms with Crippen LogP contribution in [-0.4, -0.2) is 19.2 Å². The third-order valence-electron chi connectivity index (χ3n) is 1.96. The molecule has 3 nitrogen and oxygen atoms in total. The molecule has 94 valence electrons. The molecule has 0 N–H and O–H groups in total. The minimum atomic E-state index is -2.84. The highest BCUT2D eigenvalue weighted by molar-refractivity contribution is 5.72. The number of hydrogen-bond donors (Lipinski definition) is 0. The van der Waals surface area contributed by atoms with Crippen LogP contribution >= 0.6 is 0 Å². The first-order valence-corrected chi connectivity index (χ1v) is 5.31. The van der Waals surface area contributed by atoms with E-state index in [1.54, 1.807) is 12.1 Å². The quantitative estimate of drug-likeness (QED) is 0.722. The Balaban J connectivity index is 2.47. The molecule has 0 spiro atoms. The van der Waals surface area contributed by atoms with Crippen LogP contribution in [0, 0.1) is 0 Å². The molecular weight excluding hydrogens is 230 g/mol. The summed E-state index contributed by atoms with van der Waals surface area (Å²) in [5.41, 5.74) is 0.702. The summed E-state index contributed by atoms with van der Waals surface area (Å²) in [4.78, 5) is 11.3. The summed E-state index contributed by atoms with van der Waals surface area (Å²) in [6, 6.07) is 5.92. The van der Waals surface area contributed by atoms with E-state index in [1.807, 2.05) is 6.92 Å². The minimum absolute atomic E-state index is 0.0747. The maximum absolute atomic E-state index is 11.9. The third-order valence-corrected chi connectivity index (χ3v) is 1.96. The molecule has 5 heteroatoms. The van der Waals surface area contributed by atoms with E-state index in [0.717, 1.165) is 6.42 Å². The van der Waals surface area contributed by atoms with E-state index in [9.17, 15) is 13.6 Å². The lowest BCUT2D eigenvalue weighted by atomic mass is 10.1. The van der Waals surface area contributed by atoms with E-state index in [-0.39, 0.29) is 18.1 Å². The van der Waals surface area contributed by atoms with Crippen molar-refractivity contribution in [2.24, 2.45) is 0 Å². The van der Waals surface area contributed by atoms with Gasteiger partial charge in [-0.1, -0.05) is 19.1 Å². The molecule has 0 aliphatic rings. The molecule has 0 radical (unpaired) electrons. The molecule has 1 aromatic rings. The molecule has 0 saturated heterocycles. The number of ether oxygens (including phenoxy) is 2. The van der Waals surface area contributed by atoms with Crippen molar-refractivity contribution in [1.29, 1.82) is 0 Å². The molecule has 0 aliphatic heterocycles. The Morgan fingerprint density at radius 1 is 1.29 bits per heavy atom. The summed E-state index contributed by atoms with van der Waals surface area (Å²) in [7, 11) is 0. The maximum Gasteiger partial charge on any atom is 0.387 e. The smallest absolute Gasteiger partial charge is 0.387 e. The minimum Gasteiger partial charge on any atom is -0.465 e. The Morgan fingerprint density at radius 2 is 1.94 bits per heavy atom. The average Bonchev–Trinajstić information content (AvgIpc) is 2.28. The Hall–Kier alpha value is -1.65. The van der Waals surface area contributed by atoms with Gasteiger partial charge in [-0.2, -0.15) is 8.78 Å². The fourth-order valence-electron chi connectivity index (χ4n) is 1.22. The van der Waals surface area contributed by atoms with Crippen molar-refractivity contribution in [1.82, 2.24) is 0 Å². The molecule has 0 atom stereocenters. The molecule has 0 heterocycles. The number of rotatable bonds is 6. The number of esters is 1. The van der Waals surface area contributed by atoms with E-state index in [1.165, 1.54) is 12.1 Å². The van der Waals surface area contributed by atoms with Crippen molar-refractivity contribution in [2.75, 3.05) is 6.61 Å². The largest absolute Gasteiger partial charge is 0.465 e. The van der Waals surface area contributed by atoms with Gasteiger partial charge < -0.3 is 9.47 Å². The Morgan fingerprint density at radius 3 is 2.47 bits per heavy atom. The molecule has 0 fully saturated rings. The molecule has 0 saturated carbocycles. The summed E-state index contributed by atoms with van der Waals surface area (Å²) in [6.45, 7) is -0.537. The second kappa shape index (κ2) is 6.83. The van der Waals surface area contributed by atoms with E-state index in [0.29, 0.717) is 12.2 Å². The first kappa shape index (κ1) is 13.4. The molecule has 0 aromatic heterocycles. The first-order chi connectivity index (χ1) is 8.11. The highest BCUT2D eigenvalue weighted by atomic mass is 19.3. The Bertz CT molecular complexity index is 349. The van der Waals surface area contributed by atoms with E-state index in [4.69, 9.17) is 4.74 Å². The monoisotopic (exact) mass is 244 g/mol. The number of halogens is 2. The number of carbonyl (C=O) groups excluding carboxylic acids is 1. The van der Waals surface area contributed by atoms with Crippen molar-refractivity contribution >= 4 is 5.97 Å². The molecule has 0 unspecified atom stereocenters. The van der Waals surface area contributed by atoms with Gasteiger partial charge in [-0.25, -0.2) is 0 Å². The van der Waals surface area contributed by atoms with E-state index < -0.39 is 6.61 Å². The molecule has 17 heavy (non-hydrogen) atoms. The van der Waals surface area contributed by atoms with Crippen LogP contribution in [0.1, 0.15) is 18.9 Å². The number of alkyl halides is 2. The van der Waals surface area contributed by atoms with Crippen molar-refractivity contribution in [2.45, 2.75) is 26.4 Å². The fourth-order valence-corrected chi connectivity index (χ4v) is 1.22. The zero-order chi connectivity index (χ0) is 12.7. The Labute approximate surface area is 98.3 Å². The van der Waals surface area contributed by atoms with Crippen LogP contribution in [0.5, 0.6) is 5.75 Å². The predicted octanol–water partition coefficient (Wildman–Crippen LogP) is 2.78. The first-order valence-electron chi connectivity index (χ1n) is 5.31. The molecular formula is C12H14F2O3. The van der Waals surface area contributed by atoms with Crippen LogP contribution in [0.3, 0.4) is 0 Å². The van der Waals surface area contributed by atoms with Crippen LogP contribution in [0.25, 0.3) is 0 Å². The number of carbonyl (C=O) groups is 1. The third kappa shape index (κ3) is 5.29. The molecule has 0 amide bonds. The molecule has 0 aliphatic carbocycles. The van der Waals surface area contributed by atoms with Gasteiger partial charge in [0.2, 0.25) is 0 Å². The lowest BCUT2D eigenvalue weighted by Crippen LogP contribution is -2.08. The lowest BCUT2D eigenvalue weighted by molar-refractivity contribution is -0.142. The highest BCUT2D eigenvalue weighted by Crippen LogP contribution is 2.15. The summed E-state index contributed by atoms with van der Waals surface area (Å²) in [6.07, 6.45) is 0.905. The van der Waals surface area contributed by atoms with Gasteiger partial charge in [-0.05, 0) is 24.1 Å². The van der Waals surface area contributed by atoms with Crippen LogP contribution in [0.4, 0.5) is 8.78 Å². The SMILES string of the molecule is CCCOC(=O)Cc1ccc(OC(F)F)cc1. The van der Waals surface area contributed by atoms with Gasteiger partial charge in [-0.15, -0.1) is 0 Å². The van der Waals surface area contributed by atoms with E-state index >= 15 is 0 Å². The molecule has 0 bridgehead atoms. The van der Waals surface area contributed by atoms with Crippen LogP contribution in [0.2, 0.25) is 0 Å². The van der Waals surface area contributed by atoms with Gasteiger partial charge in [-0.3, -0.25) is 4.79 Å². The van der Waals surface area contributed by atoms with Gasteiger partial charge >= 0.3 is 12.6 Å². The van der Waals surface area contributed by atoms with Crippen LogP contribution in [-0.2, 0) is 16.0 Å². The summed E-state index contributed by atoms with van der Waals surface area (Å²) in [5, 5.41) is 0. The van der Waals surface area contributed by atoms with Gasteiger partial charge in [0.1, 0.15) is 5.75 Å². The van der Waals surface area contributed by atoms with Gasteiger partial charge in [0.15, 0.2) is 0 Å². The normalized spacial score (nSPS) is 10.4. The van der Waals surface area contributed by atoms with Crippen molar-refractivity contribution in [3.8, 4) is 5.75 Å². The van der Waals surface area contributed by atoms with Crippen molar-refractivity contribution in [3.05, 3.63) is 29.8 Å². The Kier molecular flexibility index (Phi) is 5.39. The topological polar surface area (TPSA) is 35.5 Å². The maximum atomic E-state index is 11.9. The summed E-state index contributed by atoms with van der Waals surface area (Å²) < 4.78 is 32.8. The number of hydrogen-bond acceptors (Lipinski definition) is 3. The lowest BCUT2D eigenvalue weighted by Gasteiger charge is -2.06. The van der Waals surface area contributed by atoms with Gasteiger partial charge in [0, 0.05) is 0 Å². The highest BCUT2D eigenvalue weighted by Gasteiger charge is 2.06. The van der Waals surface area contributed by atoms with Gasteiger partial charge in [0.05, 0.1) is 13.0 Å². The average molecular weight is 244 g/mol. The van der Waals surface area contributed by atoms with E-state index in [2.05, 4.69) is 4.74 Å². The standard InChI is InChI=1S/C12H14F2O3/c1-2-7-16-11(15)8-9-3-5-10(6-4-9)17-12(13)14/h3-6,12H,2,7-8H2,1H3. The molecule has 1 aromatic carbocycles. The zero-order valence-electron chi connectivity index (χ0n) is 9.49. The van der Waals surface area contributed by atoms with Crippen LogP contribution in [0.15, 0.2) is 24.3 Å². The van der Waals surface area contributed by atoms with Crippen molar-refractivity contribution in [3.63, 3.8) is 0 Å². The fraction of sp³-hybridized carbons (Fsp3) is 0.417. The van der Waals surface area contributed by atoms with Crippen molar-refractivity contribution < 1.29 is 23.0 Å². The zero-order valence-corrected chi connectivity index (χ0v) is 9.49. The van der Waals surface area contributed by atoms with Gasteiger partial charge in [0.25, 0.3) is 0 Å². The van der Waals surface area contributed by atoms with Crippen LogP contribution < -0.4 is 4.74 Å². The summed E-state index contributed by atoms with van der Waals surface area (Å²) >= 11 is 0. The second-order valence-electron chi connectivity index (χ2n) is 3.42. The predicted molar refractivity (Wildman–Crippen MR) is 58.0 cm³/mol. The number of benzene rings is 1. The second-order valence-corrected chi connectivity index (χ2v) is 3.42. The summed E-state index contributed by atoms with van der Waals surface area (Å²) in [5.74, 6) is -0.250. The molecule has 1 rings (SSSR count).